The highest BCUT2D eigenvalue weighted by atomic mass is 16.4. The maximum atomic E-state index is 5.41. The number of nitrogens with one attached hydrogen (secondary N) is 1. The fourth-order valence-electron chi connectivity index (χ4n) is 1.08. The fourth-order valence-corrected chi connectivity index (χ4v) is 1.08. The summed E-state index contributed by atoms with van der Waals surface area (Å²) in [6, 6.07) is 3.57. The molecular formula is C8H10N6O. The summed E-state index contributed by atoms with van der Waals surface area (Å²) in [5.41, 5.74) is 10.8. The molecule has 15 heavy (non-hydrogen) atoms. The highest BCUT2D eigenvalue weighted by Crippen LogP contribution is 2.16. The molecule has 0 unspecified atom stereocenters. The number of nitrogen functional groups attached to an aromatic ring is 2. The summed E-state index contributed by atoms with van der Waals surface area (Å²) in [4.78, 5) is 11.3. The van der Waals surface area contributed by atoms with Gasteiger partial charge in [0, 0.05) is 6.07 Å². The molecule has 7 heteroatoms. The van der Waals surface area contributed by atoms with Crippen LogP contribution in [0.2, 0.25) is 0 Å². The summed E-state index contributed by atoms with van der Waals surface area (Å²) >= 11 is 0. The van der Waals surface area contributed by atoms with Crippen LogP contribution >= 0.6 is 0 Å². The van der Waals surface area contributed by atoms with Gasteiger partial charge in [-0.2, -0.15) is 15.0 Å². The second-order valence-electron chi connectivity index (χ2n) is 2.91. The van der Waals surface area contributed by atoms with Gasteiger partial charge < -0.3 is 15.9 Å². The molecule has 2 rings (SSSR count). The van der Waals surface area contributed by atoms with Crippen LogP contribution in [-0.2, 0) is 0 Å². The maximum absolute atomic E-state index is 5.41. The van der Waals surface area contributed by atoms with Gasteiger partial charge in [-0.25, -0.2) is 0 Å². The standard InChI is InChI=1S/C8H10N6O/c1-4-2-3-5(15-4)11-8-13-6(9)12-7(10)14-8/h2-3H,1H3,(H5,9,10,11,12,13,14). The molecule has 5 N–H and O–H groups in total. The van der Waals surface area contributed by atoms with Crippen LogP contribution in [0.4, 0.5) is 23.7 Å². The number of nitrogens with zero attached hydrogens (tertiary/aromatic N) is 3. The minimum atomic E-state index is 0.0632. The number of rotatable bonds is 2. The third-order valence-electron chi connectivity index (χ3n) is 1.65. The molecule has 0 aliphatic rings. The zero-order valence-electron chi connectivity index (χ0n) is 8.06. The van der Waals surface area contributed by atoms with Gasteiger partial charge in [-0.15, -0.1) is 0 Å². The van der Waals surface area contributed by atoms with Gasteiger partial charge >= 0.3 is 0 Å². The van der Waals surface area contributed by atoms with Gasteiger partial charge in [-0.1, -0.05) is 0 Å². The fraction of sp³-hybridized carbons (Fsp3) is 0.125. The molecule has 2 heterocycles. The third kappa shape index (κ3) is 2.13. The highest BCUT2D eigenvalue weighted by molar-refractivity contribution is 5.48. The summed E-state index contributed by atoms with van der Waals surface area (Å²) < 4.78 is 5.27. The Morgan fingerprint density at radius 3 is 2.33 bits per heavy atom. The lowest BCUT2D eigenvalue weighted by atomic mass is 10.5. The Bertz CT molecular complexity index is 459. The number of anilines is 4. The van der Waals surface area contributed by atoms with Gasteiger partial charge in [0.15, 0.2) is 5.88 Å². The normalized spacial score (nSPS) is 10.2. The molecule has 0 aromatic carbocycles. The highest BCUT2D eigenvalue weighted by Gasteiger charge is 2.04. The average Bonchev–Trinajstić information content (AvgIpc) is 2.49. The van der Waals surface area contributed by atoms with Crippen molar-refractivity contribution in [2.24, 2.45) is 0 Å². The first kappa shape index (κ1) is 9.25. The number of furan rings is 1. The summed E-state index contributed by atoms with van der Waals surface area (Å²) in [5.74, 6) is 1.70. The van der Waals surface area contributed by atoms with Crippen LogP contribution in [0.1, 0.15) is 5.76 Å². The van der Waals surface area contributed by atoms with Crippen LogP contribution in [0, 0.1) is 6.92 Å². The van der Waals surface area contributed by atoms with Crippen molar-refractivity contribution in [2.75, 3.05) is 16.8 Å². The largest absolute Gasteiger partial charge is 0.446 e. The van der Waals surface area contributed by atoms with E-state index in [1.54, 1.807) is 6.07 Å². The molecule has 0 fully saturated rings. The van der Waals surface area contributed by atoms with E-state index < -0.39 is 0 Å². The van der Waals surface area contributed by atoms with Gasteiger partial charge in [-0.05, 0) is 13.0 Å². The Morgan fingerprint density at radius 2 is 1.80 bits per heavy atom. The molecule has 0 spiro atoms. The zero-order chi connectivity index (χ0) is 10.8. The molecule has 0 saturated heterocycles. The first-order valence-corrected chi connectivity index (χ1v) is 4.24. The zero-order valence-corrected chi connectivity index (χ0v) is 8.06. The van der Waals surface area contributed by atoms with E-state index in [9.17, 15) is 0 Å². The van der Waals surface area contributed by atoms with E-state index in [4.69, 9.17) is 15.9 Å². The van der Waals surface area contributed by atoms with Gasteiger partial charge in [-0.3, -0.25) is 5.32 Å². The molecule has 0 aliphatic heterocycles. The van der Waals surface area contributed by atoms with Gasteiger partial charge in [0.25, 0.3) is 0 Å². The molecule has 2 aromatic heterocycles. The van der Waals surface area contributed by atoms with Crippen molar-refractivity contribution in [3.8, 4) is 0 Å². The smallest absolute Gasteiger partial charge is 0.236 e. The molecule has 78 valence electrons. The Kier molecular flexibility index (Phi) is 2.13. The van der Waals surface area contributed by atoms with E-state index in [0.29, 0.717) is 5.88 Å². The van der Waals surface area contributed by atoms with Crippen molar-refractivity contribution < 1.29 is 4.42 Å². The molecular weight excluding hydrogens is 196 g/mol. The molecule has 0 atom stereocenters. The van der Waals surface area contributed by atoms with E-state index in [1.807, 2.05) is 13.0 Å². The molecule has 0 aliphatic carbocycles. The summed E-state index contributed by atoms with van der Waals surface area (Å²) in [6.07, 6.45) is 0. The number of aromatic nitrogens is 3. The second kappa shape index (κ2) is 3.45. The number of hydrogen-bond acceptors (Lipinski definition) is 7. The molecule has 0 radical (unpaired) electrons. The van der Waals surface area contributed by atoms with Crippen molar-refractivity contribution >= 4 is 23.7 Å². The molecule has 2 aromatic rings. The lowest BCUT2D eigenvalue weighted by molar-refractivity contribution is 0.550. The van der Waals surface area contributed by atoms with Crippen molar-refractivity contribution in [3.63, 3.8) is 0 Å². The van der Waals surface area contributed by atoms with Crippen LogP contribution in [0.3, 0.4) is 0 Å². The Labute approximate surface area is 85.5 Å². The monoisotopic (exact) mass is 206 g/mol. The molecule has 0 amide bonds. The second-order valence-corrected chi connectivity index (χ2v) is 2.91. The number of aryl methyl sites for hydroxylation is 1. The third-order valence-corrected chi connectivity index (χ3v) is 1.65. The van der Waals surface area contributed by atoms with Crippen LogP contribution in [-0.4, -0.2) is 15.0 Å². The Balaban J connectivity index is 2.24. The van der Waals surface area contributed by atoms with Crippen LogP contribution in [0.5, 0.6) is 0 Å². The lowest BCUT2D eigenvalue weighted by Gasteiger charge is -2.01. The first-order chi connectivity index (χ1) is 7.13. The first-order valence-electron chi connectivity index (χ1n) is 4.24. The summed E-state index contributed by atoms with van der Waals surface area (Å²) in [6.45, 7) is 1.83. The quantitative estimate of drug-likeness (QED) is 0.661. The van der Waals surface area contributed by atoms with Gasteiger partial charge in [0.1, 0.15) is 5.76 Å². The number of hydrogen-bond donors (Lipinski definition) is 3. The maximum Gasteiger partial charge on any atom is 0.236 e. The van der Waals surface area contributed by atoms with Crippen LogP contribution < -0.4 is 16.8 Å². The van der Waals surface area contributed by atoms with E-state index in [0.717, 1.165) is 5.76 Å². The van der Waals surface area contributed by atoms with E-state index in [1.165, 1.54) is 0 Å². The minimum absolute atomic E-state index is 0.0632. The minimum Gasteiger partial charge on any atom is -0.446 e. The van der Waals surface area contributed by atoms with Gasteiger partial charge in [0.05, 0.1) is 0 Å². The predicted molar refractivity (Wildman–Crippen MR) is 55.4 cm³/mol. The van der Waals surface area contributed by atoms with E-state index in [2.05, 4.69) is 20.3 Å². The number of nitrogens with two attached hydrogens (primary N) is 2. The van der Waals surface area contributed by atoms with Crippen molar-refractivity contribution in [1.82, 2.24) is 15.0 Å². The predicted octanol–water partition coefficient (Wildman–Crippen LogP) is 0.681. The average molecular weight is 206 g/mol. The summed E-state index contributed by atoms with van der Waals surface area (Å²) in [7, 11) is 0. The Morgan fingerprint density at radius 1 is 1.13 bits per heavy atom. The SMILES string of the molecule is Cc1ccc(Nc2nc(N)nc(N)n2)o1. The van der Waals surface area contributed by atoms with Crippen LogP contribution in [0.15, 0.2) is 16.5 Å². The lowest BCUT2D eigenvalue weighted by Crippen LogP contribution is -2.06. The van der Waals surface area contributed by atoms with Crippen molar-refractivity contribution in [1.29, 1.82) is 0 Å². The van der Waals surface area contributed by atoms with E-state index >= 15 is 0 Å². The Hall–Kier alpha value is -2.31. The van der Waals surface area contributed by atoms with Crippen LogP contribution in [0.25, 0.3) is 0 Å². The molecule has 0 saturated carbocycles. The van der Waals surface area contributed by atoms with Gasteiger partial charge in [0.2, 0.25) is 17.8 Å². The topological polar surface area (TPSA) is 116 Å². The summed E-state index contributed by atoms with van der Waals surface area (Å²) in [5, 5.41) is 2.82. The molecule has 0 bridgehead atoms. The van der Waals surface area contributed by atoms with E-state index in [-0.39, 0.29) is 17.8 Å². The molecule has 7 nitrogen and oxygen atoms in total. The van der Waals surface area contributed by atoms with Crippen molar-refractivity contribution in [3.05, 3.63) is 17.9 Å². The van der Waals surface area contributed by atoms with Crippen molar-refractivity contribution in [2.45, 2.75) is 6.92 Å².